The highest BCUT2D eigenvalue weighted by Gasteiger charge is 2.41. The molecule has 1 unspecified atom stereocenters. The molecule has 2 heteroatoms. The Labute approximate surface area is 114 Å². The smallest absolute Gasteiger partial charge is 0.0308 e. The Balaban J connectivity index is 2.03. The van der Waals surface area contributed by atoms with Gasteiger partial charge in [0, 0.05) is 11.6 Å². The van der Waals surface area contributed by atoms with Crippen LogP contribution in [0.4, 0.5) is 0 Å². The summed E-state index contributed by atoms with van der Waals surface area (Å²) in [7, 11) is 0. The highest BCUT2D eigenvalue weighted by molar-refractivity contribution is 4.99. The average Bonchev–Trinajstić information content (AvgIpc) is 2.54. The Hall–Kier alpha value is -0.0800. The number of nitrogens with one attached hydrogen (secondary N) is 1. The third-order valence-electron chi connectivity index (χ3n) is 5.23. The van der Waals surface area contributed by atoms with Crippen molar-refractivity contribution in [2.75, 3.05) is 19.6 Å². The molecule has 1 aliphatic carbocycles. The highest BCUT2D eigenvalue weighted by atomic mass is 15.2. The van der Waals surface area contributed by atoms with Crippen molar-refractivity contribution in [2.45, 2.75) is 77.3 Å². The van der Waals surface area contributed by atoms with E-state index < -0.39 is 0 Å². The van der Waals surface area contributed by atoms with Gasteiger partial charge in [-0.15, -0.1) is 0 Å². The zero-order chi connectivity index (χ0) is 13.0. The van der Waals surface area contributed by atoms with E-state index in [0.717, 1.165) is 12.5 Å². The Kier molecular flexibility index (Phi) is 5.08. The van der Waals surface area contributed by atoms with E-state index in [9.17, 15) is 0 Å². The molecular weight excluding hydrogens is 220 g/mol. The van der Waals surface area contributed by atoms with Gasteiger partial charge in [-0.1, -0.05) is 26.2 Å². The number of hydrogen-bond acceptors (Lipinski definition) is 2. The van der Waals surface area contributed by atoms with Gasteiger partial charge in [0.2, 0.25) is 0 Å². The largest absolute Gasteiger partial charge is 0.312 e. The Morgan fingerprint density at radius 3 is 2.11 bits per heavy atom. The molecule has 2 fully saturated rings. The fourth-order valence-electron chi connectivity index (χ4n) is 3.83. The standard InChI is InChI=1S/C16H32N2/c1-4-17-15(14-10-9-11-14)16(2,3)18-12-7-5-6-8-13-18/h14-15,17H,4-13H2,1-3H3. The summed E-state index contributed by atoms with van der Waals surface area (Å²) in [6, 6.07) is 0.689. The molecule has 18 heavy (non-hydrogen) atoms. The van der Waals surface area contributed by atoms with E-state index in [4.69, 9.17) is 0 Å². The van der Waals surface area contributed by atoms with Crippen LogP contribution in [0.3, 0.4) is 0 Å². The summed E-state index contributed by atoms with van der Waals surface area (Å²) in [5, 5.41) is 3.80. The number of rotatable bonds is 5. The first-order valence-electron chi connectivity index (χ1n) is 8.14. The van der Waals surface area contributed by atoms with E-state index in [0.29, 0.717) is 11.6 Å². The van der Waals surface area contributed by atoms with Crippen LogP contribution >= 0.6 is 0 Å². The van der Waals surface area contributed by atoms with Crippen molar-refractivity contribution >= 4 is 0 Å². The third kappa shape index (κ3) is 3.08. The summed E-state index contributed by atoms with van der Waals surface area (Å²) in [5.74, 6) is 0.920. The molecule has 1 saturated carbocycles. The predicted octanol–water partition coefficient (Wildman–Crippen LogP) is 3.42. The molecule has 1 N–H and O–H groups in total. The molecule has 0 spiro atoms. The van der Waals surface area contributed by atoms with Crippen molar-refractivity contribution in [1.29, 1.82) is 0 Å². The lowest BCUT2D eigenvalue weighted by molar-refractivity contribution is 0.0385. The molecule has 2 rings (SSSR count). The van der Waals surface area contributed by atoms with E-state index in [1.54, 1.807) is 0 Å². The molecule has 2 nitrogen and oxygen atoms in total. The minimum Gasteiger partial charge on any atom is -0.312 e. The topological polar surface area (TPSA) is 15.3 Å². The van der Waals surface area contributed by atoms with Gasteiger partial charge in [0.1, 0.15) is 0 Å². The molecular formula is C16H32N2. The van der Waals surface area contributed by atoms with E-state index in [1.807, 2.05) is 0 Å². The molecule has 0 amide bonds. The van der Waals surface area contributed by atoms with Crippen LogP contribution in [0.15, 0.2) is 0 Å². The van der Waals surface area contributed by atoms with Gasteiger partial charge >= 0.3 is 0 Å². The van der Waals surface area contributed by atoms with E-state index in [2.05, 4.69) is 31.0 Å². The van der Waals surface area contributed by atoms with Crippen LogP contribution in [-0.4, -0.2) is 36.1 Å². The molecule has 1 atom stereocenters. The molecule has 106 valence electrons. The second kappa shape index (κ2) is 6.38. The van der Waals surface area contributed by atoms with E-state index in [-0.39, 0.29) is 0 Å². The number of hydrogen-bond donors (Lipinski definition) is 1. The van der Waals surface area contributed by atoms with Crippen molar-refractivity contribution in [2.24, 2.45) is 5.92 Å². The van der Waals surface area contributed by atoms with Gasteiger partial charge in [-0.05, 0) is 65.1 Å². The van der Waals surface area contributed by atoms with Crippen LogP contribution in [0.2, 0.25) is 0 Å². The van der Waals surface area contributed by atoms with Crippen LogP contribution < -0.4 is 5.32 Å². The molecule has 0 aromatic rings. The lowest BCUT2D eigenvalue weighted by Gasteiger charge is -2.49. The summed E-state index contributed by atoms with van der Waals surface area (Å²) in [5.41, 5.74) is 0.325. The molecule has 0 radical (unpaired) electrons. The minimum absolute atomic E-state index is 0.325. The number of nitrogens with zero attached hydrogens (tertiary/aromatic N) is 1. The molecule has 0 bridgehead atoms. The zero-order valence-electron chi connectivity index (χ0n) is 12.7. The predicted molar refractivity (Wildman–Crippen MR) is 78.9 cm³/mol. The van der Waals surface area contributed by atoms with Crippen LogP contribution in [0.25, 0.3) is 0 Å². The number of likely N-dealkylation sites (N-methyl/N-ethyl adjacent to an activating group) is 1. The Morgan fingerprint density at radius 2 is 1.67 bits per heavy atom. The van der Waals surface area contributed by atoms with E-state index >= 15 is 0 Å². The van der Waals surface area contributed by atoms with Crippen LogP contribution in [-0.2, 0) is 0 Å². The SMILES string of the molecule is CCNC(C1CCC1)C(C)(C)N1CCCCCC1. The molecule has 0 aromatic heterocycles. The first kappa shape index (κ1) is 14.3. The van der Waals surface area contributed by atoms with Gasteiger partial charge < -0.3 is 5.32 Å². The molecule has 2 aliphatic rings. The summed E-state index contributed by atoms with van der Waals surface area (Å²) in [6.07, 6.45) is 9.98. The monoisotopic (exact) mass is 252 g/mol. The summed E-state index contributed by atoms with van der Waals surface area (Å²) in [6.45, 7) is 10.9. The second-order valence-corrected chi connectivity index (χ2v) is 6.78. The van der Waals surface area contributed by atoms with E-state index in [1.165, 1.54) is 58.0 Å². The minimum atomic E-state index is 0.325. The molecule has 1 aliphatic heterocycles. The van der Waals surface area contributed by atoms with Crippen molar-refractivity contribution in [3.8, 4) is 0 Å². The van der Waals surface area contributed by atoms with Gasteiger partial charge in [-0.3, -0.25) is 4.90 Å². The highest BCUT2D eigenvalue weighted by Crippen LogP contribution is 2.37. The molecule has 1 heterocycles. The van der Waals surface area contributed by atoms with Crippen LogP contribution in [0.5, 0.6) is 0 Å². The quantitative estimate of drug-likeness (QED) is 0.806. The van der Waals surface area contributed by atoms with Crippen molar-refractivity contribution in [3.63, 3.8) is 0 Å². The lowest BCUT2D eigenvalue weighted by Crippen LogP contribution is -2.61. The van der Waals surface area contributed by atoms with Crippen LogP contribution in [0, 0.1) is 5.92 Å². The third-order valence-corrected chi connectivity index (χ3v) is 5.23. The summed E-state index contributed by atoms with van der Waals surface area (Å²) >= 11 is 0. The Bertz CT molecular complexity index is 237. The van der Waals surface area contributed by atoms with Crippen molar-refractivity contribution in [1.82, 2.24) is 10.2 Å². The molecule has 1 saturated heterocycles. The van der Waals surface area contributed by atoms with Gasteiger partial charge in [0.25, 0.3) is 0 Å². The first-order chi connectivity index (χ1) is 8.66. The fraction of sp³-hybridized carbons (Fsp3) is 1.00. The molecule has 0 aromatic carbocycles. The lowest BCUT2D eigenvalue weighted by atomic mass is 9.72. The van der Waals surface area contributed by atoms with Gasteiger partial charge in [-0.25, -0.2) is 0 Å². The van der Waals surface area contributed by atoms with Crippen molar-refractivity contribution < 1.29 is 0 Å². The average molecular weight is 252 g/mol. The maximum absolute atomic E-state index is 3.80. The van der Waals surface area contributed by atoms with Gasteiger partial charge in [-0.2, -0.15) is 0 Å². The summed E-state index contributed by atoms with van der Waals surface area (Å²) < 4.78 is 0. The second-order valence-electron chi connectivity index (χ2n) is 6.78. The maximum Gasteiger partial charge on any atom is 0.0308 e. The summed E-state index contributed by atoms with van der Waals surface area (Å²) in [4.78, 5) is 2.77. The zero-order valence-corrected chi connectivity index (χ0v) is 12.7. The number of likely N-dealkylation sites (tertiary alicyclic amines) is 1. The van der Waals surface area contributed by atoms with Crippen molar-refractivity contribution in [3.05, 3.63) is 0 Å². The first-order valence-corrected chi connectivity index (χ1v) is 8.14. The Morgan fingerprint density at radius 1 is 1.06 bits per heavy atom. The van der Waals surface area contributed by atoms with Gasteiger partial charge in [0.05, 0.1) is 0 Å². The maximum atomic E-state index is 3.80. The van der Waals surface area contributed by atoms with Crippen LogP contribution in [0.1, 0.15) is 65.7 Å². The normalized spacial score (nSPS) is 25.5. The van der Waals surface area contributed by atoms with Gasteiger partial charge in [0.15, 0.2) is 0 Å². The fourth-order valence-corrected chi connectivity index (χ4v) is 3.83.